The molecule has 4 nitrogen and oxygen atoms in total. The van der Waals surface area contributed by atoms with Gasteiger partial charge >= 0.3 is 0 Å². The van der Waals surface area contributed by atoms with E-state index in [9.17, 15) is 8.42 Å². The van der Waals surface area contributed by atoms with Gasteiger partial charge in [0.1, 0.15) is 9.84 Å². The van der Waals surface area contributed by atoms with Crippen LogP contribution in [0.5, 0.6) is 0 Å². The monoisotopic (exact) mass is 319 g/mol. The molecule has 1 rings (SSSR count). The topological polar surface area (TPSA) is 55.4 Å². The summed E-state index contributed by atoms with van der Waals surface area (Å²) in [6, 6.07) is 0.257. The summed E-state index contributed by atoms with van der Waals surface area (Å²) in [6.45, 7) is 7.02. The summed E-state index contributed by atoms with van der Waals surface area (Å²) in [5, 5.41) is 3.54. The minimum absolute atomic E-state index is 0.113. The molecule has 0 radical (unpaired) electrons. The lowest BCUT2D eigenvalue weighted by Gasteiger charge is -2.44. The fourth-order valence-corrected chi connectivity index (χ4v) is 4.29. The van der Waals surface area contributed by atoms with Crippen LogP contribution in [0.15, 0.2) is 0 Å². The third-order valence-electron chi connectivity index (χ3n) is 5.00. The van der Waals surface area contributed by atoms with E-state index in [0.29, 0.717) is 12.2 Å². The van der Waals surface area contributed by atoms with Gasteiger partial charge in [0.15, 0.2) is 0 Å². The van der Waals surface area contributed by atoms with Crippen molar-refractivity contribution in [1.29, 1.82) is 0 Å². The van der Waals surface area contributed by atoms with Crippen molar-refractivity contribution < 1.29 is 13.2 Å². The average molecular weight is 320 g/mol. The van der Waals surface area contributed by atoms with Crippen LogP contribution in [-0.4, -0.2) is 45.2 Å². The molecule has 1 saturated carbocycles. The number of ether oxygens (including phenoxy) is 1. The molecule has 1 atom stereocenters. The van der Waals surface area contributed by atoms with Crippen molar-refractivity contribution in [3.8, 4) is 0 Å². The van der Waals surface area contributed by atoms with Gasteiger partial charge in [0.2, 0.25) is 0 Å². The molecule has 0 amide bonds. The Morgan fingerprint density at radius 3 is 2.38 bits per heavy atom. The van der Waals surface area contributed by atoms with Gasteiger partial charge in [0.05, 0.1) is 11.4 Å². The molecule has 1 unspecified atom stereocenters. The van der Waals surface area contributed by atoms with Crippen LogP contribution in [0.25, 0.3) is 0 Å². The molecule has 1 aliphatic rings. The molecule has 0 spiro atoms. The number of sulfone groups is 1. The van der Waals surface area contributed by atoms with Crippen LogP contribution >= 0.6 is 0 Å². The minimum Gasteiger partial charge on any atom is -0.377 e. The first kappa shape index (κ1) is 18.9. The largest absolute Gasteiger partial charge is 0.377 e. The number of rotatable bonds is 9. The van der Waals surface area contributed by atoms with E-state index >= 15 is 0 Å². The number of hydrogen-bond acceptors (Lipinski definition) is 4. The highest BCUT2D eigenvalue weighted by molar-refractivity contribution is 7.91. The van der Waals surface area contributed by atoms with E-state index in [0.717, 1.165) is 31.7 Å². The maximum absolute atomic E-state index is 11.7. The maximum Gasteiger partial charge on any atom is 0.150 e. The molecule has 0 bridgehead atoms. The third kappa shape index (κ3) is 5.53. The van der Waals surface area contributed by atoms with E-state index in [4.69, 9.17) is 4.74 Å². The molecule has 1 aliphatic carbocycles. The van der Waals surface area contributed by atoms with Crippen LogP contribution in [0.2, 0.25) is 0 Å². The molecule has 0 aliphatic heterocycles. The zero-order valence-corrected chi connectivity index (χ0v) is 15.0. The zero-order valence-electron chi connectivity index (χ0n) is 14.2. The number of methoxy groups -OCH3 is 1. The fourth-order valence-electron chi connectivity index (χ4n) is 3.39. The van der Waals surface area contributed by atoms with Gasteiger partial charge in [-0.05, 0) is 51.0 Å². The SMILES string of the molecule is CCNC(CCCS(=O)(=O)CC)C1(OC)CCC(C)CC1. The Morgan fingerprint density at radius 1 is 1.29 bits per heavy atom. The summed E-state index contributed by atoms with van der Waals surface area (Å²) in [7, 11) is -1.06. The standard InChI is InChI=1S/C16H33NO3S/c1-5-17-15(8-7-13-21(18,19)6-2)16(20-4)11-9-14(3)10-12-16/h14-15,17H,5-13H2,1-4H3. The summed E-state index contributed by atoms with van der Waals surface area (Å²) in [5.41, 5.74) is -0.113. The average Bonchev–Trinajstić information content (AvgIpc) is 2.48. The van der Waals surface area contributed by atoms with Gasteiger partial charge in [0, 0.05) is 18.9 Å². The Morgan fingerprint density at radius 2 is 1.90 bits per heavy atom. The van der Waals surface area contributed by atoms with Crippen molar-refractivity contribution in [3.05, 3.63) is 0 Å². The van der Waals surface area contributed by atoms with Crippen LogP contribution in [0, 0.1) is 5.92 Å². The predicted octanol–water partition coefficient (Wildman–Crippen LogP) is 2.77. The summed E-state index contributed by atoms with van der Waals surface area (Å²) in [4.78, 5) is 0. The first-order chi connectivity index (χ1) is 9.89. The zero-order chi connectivity index (χ0) is 15.9. The van der Waals surface area contributed by atoms with Crippen molar-refractivity contribution in [2.24, 2.45) is 5.92 Å². The highest BCUT2D eigenvalue weighted by Gasteiger charge is 2.40. The minimum atomic E-state index is -2.86. The lowest BCUT2D eigenvalue weighted by molar-refractivity contribution is -0.0762. The van der Waals surface area contributed by atoms with E-state index in [-0.39, 0.29) is 17.4 Å². The molecule has 1 fully saturated rings. The molecule has 21 heavy (non-hydrogen) atoms. The Kier molecular flexibility index (Phi) is 7.65. The Balaban J connectivity index is 2.66. The fraction of sp³-hybridized carbons (Fsp3) is 1.00. The van der Waals surface area contributed by atoms with Gasteiger partial charge < -0.3 is 10.1 Å². The summed E-state index contributed by atoms with van der Waals surface area (Å²) >= 11 is 0. The van der Waals surface area contributed by atoms with E-state index in [1.807, 2.05) is 7.11 Å². The van der Waals surface area contributed by atoms with Crippen LogP contribution in [0.4, 0.5) is 0 Å². The van der Waals surface area contributed by atoms with E-state index in [2.05, 4.69) is 19.2 Å². The smallest absolute Gasteiger partial charge is 0.150 e. The highest BCUT2D eigenvalue weighted by atomic mass is 32.2. The van der Waals surface area contributed by atoms with Crippen molar-refractivity contribution in [2.75, 3.05) is 25.2 Å². The van der Waals surface area contributed by atoms with Crippen LogP contribution in [0.3, 0.4) is 0 Å². The second kappa shape index (κ2) is 8.49. The molecule has 0 aromatic carbocycles. The molecule has 1 N–H and O–H groups in total. The second-order valence-corrected chi connectivity index (χ2v) is 8.91. The van der Waals surface area contributed by atoms with Crippen LogP contribution < -0.4 is 5.32 Å². The van der Waals surface area contributed by atoms with Gasteiger partial charge in [-0.2, -0.15) is 0 Å². The van der Waals surface area contributed by atoms with E-state index in [1.54, 1.807) is 6.92 Å². The van der Waals surface area contributed by atoms with Crippen LogP contribution in [-0.2, 0) is 14.6 Å². The lowest BCUT2D eigenvalue weighted by Crippen LogP contribution is -2.54. The van der Waals surface area contributed by atoms with E-state index in [1.165, 1.54) is 12.8 Å². The lowest BCUT2D eigenvalue weighted by atomic mass is 9.74. The third-order valence-corrected chi connectivity index (χ3v) is 6.79. The molecule has 0 heterocycles. The summed E-state index contributed by atoms with van der Waals surface area (Å²) < 4.78 is 29.3. The summed E-state index contributed by atoms with van der Waals surface area (Å²) in [5.74, 6) is 1.31. The molecule has 0 aromatic rings. The molecule has 126 valence electrons. The Hall–Kier alpha value is -0.130. The number of nitrogens with one attached hydrogen (secondary N) is 1. The molecule has 0 saturated heterocycles. The first-order valence-corrected chi connectivity index (χ1v) is 10.2. The first-order valence-electron chi connectivity index (χ1n) is 8.38. The molecule has 5 heteroatoms. The van der Waals surface area contributed by atoms with Crippen LogP contribution in [0.1, 0.15) is 59.3 Å². The van der Waals surface area contributed by atoms with Crippen molar-refractivity contribution in [3.63, 3.8) is 0 Å². The van der Waals surface area contributed by atoms with Gasteiger partial charge in [-0.1, -0.05) is 20.8 Å². The quantitative estimate of drug-likeness (QED) is 0.710. The van der Waals surface area contributed by atoms with Gasteiger partial charge in [-0.15, -0.1) is 0 Å². The highest BCUT2D eigenvalue weighted by Crippen LogP contribution is 2.38. The van der Waals surface area contributed by atoms with Crippen molar-refractivity contribution in [1.82, 2.24) is 5.32 Å². The van der Waals surface area contributed by atoms with Gasteiger partial charge in [0.25, 0.3) is 0 Å². The molecular weight excluding hydrogens is 286 g/mol. The van der Waals surface area contributed by atoms with E-state index < -0.39 is 9.84 Å². The molecule has 0 aromatic heterocycles. The van der Waals surface area contributed by atoms with Crippen molar-refractivity contribution >= 4 is 9.84 Å². The normalized spacial score (nSPS) is 28.5. The number of likely N-dealkylation sites (N-methyl/N-ethyl adjacent to an activating group) is 1. The van der Waals surface area contributed by atoms with Gasteiger partial charge in [-0.3, -0.25) is 0 Å². The molecular formula is C16H33NO3S. The Bertz CT molecular complexity index is 386. The predicted molar refractivity (Wildman–Crippen MR) is 88.4 cm³/mol. The van der Waals surface area contributed by atoms with Crippen molar-refractivity contribution in [2.45, 2.75) is 70.9 Å². The Labute approximate surface area is 130 Å². The maximum atomic E-state index is 11.7. The second-order valence-electron chi connectivity index (χ2n) is 6.44. The number of hydrogen-bond donors (Lipinski definition) is 1. The van der Waals surface area contributed by atoms with Gasteiger partial charge in [-0.25, -0.2) is 8.42 Å². The summed E-state index contributed by atoms with van der Waals surface area (Å²) in [6.07, 6.45) is 6.13.